The highest BCUT2D eigenvalue weighted by Gasteiger charge is 2.43. The predicted molar refractivity (Wildman–Crippen MR) is 46.8 cm³/mol. The first-order valence-corrected chi connectivity index (χ1v) is 4.08. The molecule has 5 nitrogen and oxygen atoms in total. The van der Waals surface area contributed by atoms with Crippen LogP contribution in [0.15, 0.2) is 24.3 Å². The van der Waals surface area contributed by atoms with Crippen LogP contribution in [-0.4, -0.2) is 17.3 Å². The number of nitrogens with zero attached hydrogens (tertiary/aromatic N) is 1. The highest BCUT2D eigenvalue weighted by molar-refractivity contribution is 5.63. The predicted octanol–water partition coefficient (Wildman–Crippen LogP) is 1.23. The average molecular weight is 193 g/mol. The molecule has 0 bridgehead atoms. The quantitative estimate of drug-likeness (QED) is 0.313. The average Bonchev–Trinajstić information content (AvgIpc) is 2.96. The van der Waals surface area contributed by atoms with E-state index in [9.17, 15) is 14.9 Å². The zero-order valence-electron chi connectivity index (χ0n) is 7.12. The smallest absolute Gasteiger partial charge is 0.275 e. The highest BCUT2D eigenvalue weighted by atomic mass is 16.6. The fraction of sp³-hybridized carbons (Fsp3) is 0.222. The van der Waals surface area contributed by atoms with Gasteiger partial charge < -0.3 is 9.53 Å². The van der Waals surface area contributed by atoms with E-state index in [-0.39, 0.29) is 5.69 Å². The summed E-state index contributed by atoms with van der Waals surface area (Å²) in [6, 6.07) is 6.27. The Morgan fingerprint density at radius 1 is 1.43 bits per heavy atom. The van der Waals surface area contributed by atoms with E-state index >= 15 is 0 Å². The van der Waals surface area contributed by atoms with Crippen molar-refractivity contribution < 1.29 is 14.5 Å². The maximum atomic E-state index is 10.6. The van der Waals surface area contributed by atoms with Gasteiger partial charge in [-0.2, -0.15) is 0 Å². The number of hydrogen-bond donors (Lipinski definition) is 0. The van der Waals surface area contributed by atoms with Gasteiger partial charge in [-0.1, -0.05) is 12.1 Å². The summed E-state index contributed by atoms with van der Waals surface area (Å²) in [6.45, 7) is 0. The number of rotatable bonds is 3. The van der Waals surface area contributed by atoms with Gasteiger partial charge in [-0.25, -0.2) is 0 Å². The summed E-state index contributed by atoms with van der Waals surface area (Å²) >= 11 is 0. The largest absolute Gasteiger partial charge is 0.356 e. The van der Waals surface area contributed by atoms with Gasteiger partial charge in [0.15, 0.2) is 6.29 Å². The van der Waals surface area contributed by atoms with Crippen molar-refractivity contribution in [3.8, 4) is 0 Å². The van der Waals surface area contributed by atoms with Gasteiger partial charge in [0.1, 0.15) is 12.2 Å². The third-order valence-electron chi connectivity index (χ3n) is 2.10. The van der Waals surface area contributed by atoms with Crippen molar-refractivity contribution >= 4 is 12.0 Å². The number of carbonyl (C=O) groups excluding carboxylic acids is 1. The van der Waals surface area contributed by atoms with Crippen LogP contribution in [0.4, 0.5) is 5.69 Å². The van der Waals surface area contributed by atoms with Crippen LogP contribution in [0.1, 0.15) is 11.7 Å². The molecule has 2 atom stereocenters. The van der Waals surface area contributed by atoms with Crippen molar-refractivity contribution in [2.24, 2.45) is 0 Å². The van der Waals surface area contributed by atoms with E-state index in [2.05, 4.69) is 0 Å². The van der Waals surface area contributed by atoms with Crippen LogP contribution in [0.2, 0.25) is 0 Å². The van der Waals surface area contributed by atoms with Crippen molar-refractivity contribution in [2.75, 3.05) is 0 Å². The van der Waals surface area contributed by atoms with Gasteiger partial charge in [-0.15, -0.1) is 0 Å². The van der Waals surface area contributed by atoms with E-state index in [0.29, 0.717) is 11.8 Å². The number of ether oxygens (including phenoxy) is 1. The number of nitro groups is 1. The van der Waals surface area contributed by atoms with Gasteiger partial charge in [-0.05, 0) is 6.07 Å². The summed E-state index contributed by atoms with van der Waals surface area (Å²) in [5, 5.41) is 10.6. The fourth-order valence-corrected chi connectivity index (χ4v) is 1.37. The fourth-order valence-electron chi connectivity index (χ4n) is 1.37. The number of carbonyl (C=O) groups is 1. The molecule has 0 N–H and O–H groups in total. The normalized spacial score (nSPS) is 24.3. The van der Waals surface area contributed by atoms with E-state index in [1.807, 2.05) is 0 Å². The minimum atomic E-state index is -0.518. The minimum Gasteiger partial charge on any atom is -0.356 e. The molecule has 0 aliphatic carbocycles. The standard InChI is InChI=1S/C9H7NO4/c11-5-8-9(14-8)6-3-1-2-4-7(6)10(12)13/h1-5,8-9H/t8-,9-/m0/s1. The highest BCUT2D eigenvalue weighted by Crippen LogP contribution is 2.41. The van der Waals surface area contributed by atoms with E-state index in [4.69, 9.17) is 4.74 Å². The maximum Gasteiger partial charge on any atom is 0.275 e. The first kappa shape index (κ1) is 8.83. The number of para-hydroxylation sites is 1. The lowest BCUT2D eigenvalue weighted by molar-refractivity contribution is -0.385. The third kappa shape index (κ3) is 1.38. The van der Waals surface area contributed by atoms with Crippen LogP contribution in [0, 0.1) is 10.1 Å². The zero-order valence-corrected chi connectivity index (χ0v) is 7.12. The molecule has 1 fully saturated rings. The summed E-state index contributed by atoms with van der Waals surface area (Å²) in [4.78, 5) is 20.5. The van der Waals surface area contributed by atoms with Crippen molar-refractivity contribution in [2.45, 2.75) is 12.2 Å². The first-order chi connectivity index (χ1) is 6.74. The molecule has 0 spiro atoms. The van der Waals surface area contributed by atoms with Crippen LogP contribution in [-0.2, 0) is 9.53 Å². The van der Waals surface area contributed by atoms with Crippen LogP contribution in [0.5, 0.6) is 0 Å². The molecule has 0 unspecified atom stereocenters. The Kier molecular flexibility index (Phi) is 2.01. The Balaban J connectivity index is 2.34. The molecule has 0 saturated carbocycles. The Morgan fingerprint density at radius 3 is 2.71 bits per heavy atom. The first-order valence-electron chi connectivity index (χ1n) is 4.08. The number of hydrogen-bond acceptors (Lipinski definition) is 4. The summed E-state index contributed by atoms with van der Waals surface area (Å²) in [5.74, 6) is 0. The van der Waals surface area contributed by atoms with Gasteiger partial charge in [0.2, 0.25) is 0 Å². The molecule has 72 valence electrons. The number of nitro benzene ring substituents is 1. The van der Waals surface area contributed by atoms with Gasteiger partial charge in [0, 0.05) is 6.07 Å². The topological polar surface area (TPSA) is 72.7 Å². The second-order valence-electron chi connectivity index (χ2n) is 2.97. The Hall–Kier alpha value is -1.75. The molecule has 5 heteroatoms. The molecule has 0 amide bonds. The van der Waals surface area contributed by atoms with Crippen LogP contribution >= 0.6 is 0 Å². The monoisotopic (exact) mass is 193 g/mol. The lowest BCUT2D eigenvalue weighted by Crippen LogP contribution is -1.96. The molecule has 1 heterocycles. The number of benzene rings is 1. The summed E-state index contributed by atoms with van der Waals surface area (Å²) < 4.78 is 4.97. The maximum absolute atomic E-state index is 10.6. The molecule has 1 aliphatic heterocycles. The van der Waals surface area contributed by atoms with Gasteiger partial charge in [0.25, 0.3) is 5.69 Å². The Bertz CT molecular complexity index is 390. The molecule has 0 aromatic heterocycles. The molecule has 1 aromatic rings. The summed E-state index contributed by atoms with van der Waals surface area (Å²) in [6.07, 6.45) is -0.299. The Labute approximate surface area is 79.4 Å². The molecule has 0 radical (unpaired) electrons. The number of epoxide rings is 1. The minimum absolute atomic E-state index is 0.00171. The van der Waals surface area contributed by atoms with Crippen LogP contribution in [0.3, 0.4) is 0 Å². The van der Waals surface area contributed by atoms with E-state index in [1.165, 1.54) is 6.07 Å². The zero-order chi connectivity index (χ0) is 10.1. The van der Waals surface area contributed by atoms with Crippen LogP contribution in [0.25, 0.3) is 0 Å². The van der Waals surface area contributed by atoms with E-state index in [0.717, 1.165) is 0 Å². The third-order valence-corrected chi connectivity index (χ3v) is 2.10. The summed E-state index contributed by atoms with van der Waals surface area (Å²) in [5.41, 5.74) is 0.469. The number of aldehydes is 1. The second-order valence-corrected chi connectivity index (χ2v) is 2.97. The second kappa shape index (κ2) is 3.19. The molecule has 1 aromatic carbocycles. The van der Waals surface area contributed by atoms with Gasteiger partial charge in [-0.3, -0.25) is 10.1 Å². The lowest BCUT2D eigenvalue weighted by Gasteiger charge is -1.96. The summed E-state index contributed by atoms with van der Waals surface area (Å²) in [7, 11) is 0. The van der Waals surface area contributed by atoms with Gasteiger partial charge >= 0.3 is 0 Å². The molecular weight excluding hydrogens is 186 g/mol. The molecular formula is C9H7NO4. The SMILES string of the molecule is O=C[C@@H]1O[C@H]1c1ccccc1[N+](=O)[O-]. The van der Waals surface area contributed by atoms with Crippen molar-refractivity contribution in [3.05, 3.63) is 39.9 Å². The molecule has 1 saturated heterocycles. The van der Waals surface area contributed by atoms with Crippen molar-refractivity contribution in [1.82, 2.24) is 0 Å². The lowest BCUT2D eigenvalue weighted by atomic mass is 10.1. The van der Waals surface area contributed by atoms with Crippen molar-refractivity contribution in [1.29, 1.82) is 0 Å². The molecule has 1 aliphatic rings. The molecule has 14 heavy (non-hydrogen) atoms. The van der Waals surface area contributed by atoms with Crippen molar-refractivity contribution in [3.63, 3.8) is 0 Å². The van der Waals surface area contributed by atoms with E-state index < -0.39 is 17.1 Å². The van der Waals surface area contributed by atoms with Crippen LogP contribution < -0.4 is 0 Å². The van der Waals surface area contributed by atoms with Gasteiger partial charge in [0.05, 0.1) is 10.5 Å². The van der Waals surface area contributed by atoms with E-state index in [1.54, 1.807) is 18.2 Å². The molecule has 2 rings (SSSR count). The Morgan fingerprint density at radius 2 is 2.14 bits per heavy atom.